The molecule has 2 heterocycles. The maximum atomic E-state index is 15.8. The molecule has 6 rings (SSSR count). The van der Waals surface area contributed by atoms with Crippen LogP contribution in [0.2, 0.25) is 10.0 Å². The molecule has 2 aromatic rings. The lowest BCUT2D eigenvalue weighted by molar-refractivity contribution is -0.127. The standard InChI is InChI=1S/C29H32Cl2FN3O3/c1-28(38)13-17(14-28)33-26(36)25-23(18-7-4-8-20(31)24(18)32)29(22(35-25)11-15-5-2-3-6-15)19-10-9-16(30)12-21(19)34-27(29)37/h4,7-10,12,15,17,22-23,25,35,38H,2-3,5-6,11,13-14H2,1H3,(H,33,36)(H,34,37)/t17?,22-,23-,25+,28?,29+/m0/s1. The molecular formula is C29H32Cl2FN3O3. The minimum Gasteiger partial charge on any atom is -0.390 e. The molecule has 1 spiro atoms. The van der Waals surface area contributed by atoms with Crippen LogP contribution in [-0.4, -0.2) is 40.6 Å². The molecule has 4 atom stereocenters. The number of rotatable bonds is 5. The first-order valence-corrected chi connectivity index (χ1v) is 14.2. The van der Waals surface area contributed by atoms with Gasteiger partial charge in [-0.3, -0.25) is 9.59 Å². The monoisotopic (exact) mass is 559 g/mol. The molecule has 0 unspecified atom stereocenters. The summed E-state index contributed by atoms with van der Waals surface area (Å²) < 4.78 is 15.8. The van der Waals surface area contributed by atoms with E-state index in [1.807, 2.05) is 6.07 Å². The van der Waals surface area contributed by atoms with Gasteiger partial charge < -0.3 is 21.1 Å². The second kappa shape index (κ2) is 9.47. The van der Waals surface area contributed by atoms with Crippen LogP contribution in [0.15, 0.2) is 36.4 Å². The van der Waals surface area contributed by atoms with Gasteiger partial charge in [-0.15, -0.1) is 0 Å². The number of aliphatic hydroxyl groups is 1. The Labute approximate surface area is 231 Å². The van der Waals surface area contributed by atoms with Crippen molar-refractivity contribution >= 4 is 40.7 Å². The fourth-order valence-corrected chi connectivity index (χ4v) is 7.90. The summed E-state index contributed by atoms with van der Waals surface area (Å²) >= 11 is 12.5. The zero-order valence-electron chi connectivity index (χ0n) is 21.2. The maximum absolute atomic E-state index is 15.8. The molecule has 2 aliphatic carbocycles. The largest absolute Gasteiger partial charge is 0.390 e. The molecule has 6 nitrogen and oxygen atoms in total. The summed E-state index contributed by atoms with van der Waals surface area (Å²) in [7, 11) is 0. The average Bonchev–Trinajstić information content (AvgIpc) is 3.53. The zero-order valence-corrected chi connectivity index (χ0v) is 22.7. The Bertz CT molecular complexity index is 1290. The molecule has 4 N–H and O–H groups in total. The molecule has 2 aliphatic heterocycles. The molecule has 9 heteroatoms. The van der Waals surface area contributed by atoms with E-state index in [1.165, 1.54) is 6.07 Å². The third-order valence-corrected chi connectivity index (χ3v) is 9.69. The number of nitrogens with one attached hydrogen (secondary N) is 3. The molecule has 0 bridgehead atoms. The van der Waals surface area contributed by atoms with Gasteiger partial charge in [0.05, 0.1) is 16.7 Å². The summed E-state index contributed by atoms with van der Waals surface area (Å²) in [6.45, 7) is 1.74. The predicted molar refractivity (Wildman–Crippen MR) is 145 cm³/mol. The van der Waals surface area contributed by atoms with Crippen LogP contribution < -0.4 is 16.0 Å². The van der Waals surface area contributed by atoms with Gasteiger partial charge in [0.15, 0.2) is 0 Å². The van der Waals surface area contributed by atoms with E-state index < -0.39 is 34.8 Å². The van der Waals surface area contributed by atoms with Crippen molar-refractivity contribution < 1.29 is 19.1 Å². The number of hydrogen-bond acceptors (Lipinski definition) is 4. The van der Waals surface area contributed by atoms with Gasteiger partial charge in [-0.25, -0.2) is 4.39 Å². The SMILES string of the molecule is CC1(O)CC(NC(=O)[C@@H]2N[C@@H](CC3CCCC3)[C@@]3(C(=O)Nc4cc(Cl)ccc43)[C@H]2c2cccc(Cl)c2F)C1. The molecule has 0 radical (unpaired) electrons. The van der Waals surface area contributed by atoms with Crippen LogP contribution >= 0.6 is 23.2 Å². The van der Waals surface area contributed by atoms with E-state index in [-0.39, 0.29) is 28.4 Å². The Balaban J connectivity index is 1.49. The van der Waals surface area contributed by atoms with Crippen LogP contribution in [0.3, 0.4) is 0 Å². The summed E-state index contributed by atoms with van der Waals surface area (Å²) in [5.74, 6) is -1.64. The van der Waals surface area contributed by atoms with Crippen LogP contribution in [-0.2, 0) is 15.0 Å². The number of anilines is 1. The second-order valence-corrected chi connectivity index (χ2v) is 12.7. The Hall–Kier alpha value is -2.19. The second-order valence-electron chi connectivity index (χ2n) is 11.8. The molecular weight excluding hydrogens is 528 g/mol. The highest BCUT2D eigenvalue weighted by Crippen LogP contribution is 2.57. The van der Waals surface area contributed by atoms with Crippen molar-refractivity contribution in [3.8, 4) is 0 Å². The Morgan fingerprint density at radius 1 is 1.18 bits per heavy atom. The highest BCUT2D eigenvalue weighted by molar-refractivity contribution is 6.31. The lowest BCUT2D eigenvalue weighted by Gasteiger charge is -2.42. The van der Waals surface area contributed by atoms with E-state index in [0.29, 0.717) is 41.5 Å². The lowest BCUT2D eigenvalue weighted by Crippen LogP contribution is -2.57. The summed E-state index contributed by atoms with van der Waals surface area (Å²) in [4.78, 5) is 28.0. The molecule has 4 aliphatic rings. The van der Waals surface area contributed by atoms with E-state index >= 15 is 4.39 Å². The van der Waals surface area contributed by atoms with Crippen LogP contribution in [0, 0.1) is 11.7 Å². The summed E-state index contributed by atoms with van der Waals surface area (Å²) in [6.07, 6.45) is 5.98. The number of halogens is 3. The van der Waals surface area contributed by atoms with Gasteiger partial charge in [0.2, 0.25) is 11.8 Å². The van der Waals surface area contributed by atoms with E-state index in [0.717, 1.165) is 25.7 Å². The van der Waals surface area contributed by atoms with Gasteiger partial charge >= 0.3 is 0 Å². The van der Waals surface area contributed by atoms with Crippen LogP contribution in [0.1, 0.15) is 68.9 Å². The van der Waals surface area contributed by atoms with E-state index in [9.17, 15) is 14.7 Å². The van der Waals surface area contributed by atoms with Crippen LogP contribution in [0.4, 0.5) is 10.1 Å². The topological polar surface area (TPSA) is 90.5 Å². The summed E-state index contributed by atoms with van der Waals surface area (Å²) in [6, 6.07) is 8.57. The molecule has 0 aromatic heterocycles. The van der Waals surface area contributed by atoms with E-state index in [4.69, 9.17) is 23.2 Å². The van der Waals surface area contributed by atoms with Crippen molar-refractivity contribution in [3.05, 3.63) is 63.4 Å². The highest BCUT2D eigenvalue weighted by atomic mass is 35.5. The minimum atomic E-state index is -1.23. The first kappa shape index (κ1) is 26.1. The van der Waals surface area contributed by atoms with Gasteiger partial charge in [0.25, 0.3) is 0 Å². The van der Waals surface area contributed by atoms with Gasteiger partial charge in [-0.1, -0.05) is 67.1 Å². The predicted octanol–water partition coefficient (Wildman–Crippen LogP) is 5.06. The third kappa shape index (κ3) is 4.14. The number of carbonyl (C=O) groups excluding carboxylic acids is 2. The fourth-order valence-electron chi connectivity index (χ4n) is 7.55. The first-order valence-electron chi connectivity index (χ1n) is 13.4. The average molecular weight is 560 g/mol. The van der Waals surface area contributed by atoms with Crippen molar-refractivity contribution in [2.24, 2.45) is 5.92 Å². The maximum Gasteiger partial charge on any atom is 0.238 e. The Kier molecular flexibility index (Phi) is 6.50. The van der Waals surface area contributed by atoms with Crippen molar-refractivity contribution in [2.75, 3.05) is 5.32 Å². The van der Waals surface area contributed by atoms with Crippen LogP contribution in [0.5, 0.6) is 0 Å². The molecule has 38 heavy (non-hydrogen) atoms. The van der Waals surface area contributed by atoms with Gasteiger partial charge in [0, 0.05) is 28.7 Å². The number of hydrogen-bond donors (Lipinski definition) is 4. The Morgan fingerprint density at radius 2 is 1.92 bits per heavy atom. The molecule has 3 fully saturated rings. The highest BCUT2D eigenvalue weighted by Gasteiger charge is 2.66. The normalized spacial score (nSPS) is 34.3. The lowest BCUT2D eigenvalue weighted by atomic mass is 9.63. The first-order chi connectivity index (χ1) is 18.1. The van der Waals surface area contributed by atoms with Gasteiger partial charge in [-0.2, -0.15) is 0 Å². The van der Waals surface area contributed by atoms with E-state index in [2.05, 4.69) is 16.0 Å². The summed E-state index contributed by atoms with van der Waals surface area (Å²) in [5.41, 5.74) is -0.508. The van der Waals surface area contributed by atoms with Crippen molar-refractivity contribution in [1.29, 1.82) is 0 Å². The number of fused-ring (bicyclic) bond motifs is 2. The number of amides is 2. The van der Waals surface area contributed by atoms with Gasteiger partial charge in [-0.05, 0) is 61.4 Å². The quantitative estimate of drug-likeness (QED) is 0.412. The summed E-state index contributed by atoms with van der Waals surface area (Å²) in [5, 5.41) is 20.2. The smallest absolute Gasteiger partial charge is 0.238 e. The molecule has 2 amide bonds. The number of benzene rings is 2. The van der Waals surface area contributed by atoms with Crippen molar-refractivity contribution in [1.82, 2.24) is 10.6 Å². The number of carbonyl (C=O) groups is 2. The minimum absolute atomic E-state index is 0.0548. The Morgan fingerprint density at radius 3 is 2.63 bits per heavy atom. The van der Waals surface area contributed by atoms with Crippen molar-refractivity contribution in [3.63, 3.8) is 0 Å². The fraction of sp³-hybridized carbons (Fsp3) is 0.517. The molecule has 2 aromatic carbocycles. The zero-order chi connectivity index (χ0) is 26.8. The third-order valence-electron chi connectivity index (χ3n) is 9.17. The van der Waals surface area contributed by atoms with Gasteiger partial charge in [0.1, 0.15) is 11.2 Å². The van der Waals surface area contributed by atoms with E-state index in [1.54, 1.807) is 31.2 Å². The molecule has 1 saturated heterocycles. The molecule has 202 valence electrons. The van der Waals surface area contributed by atoms with Crippen molar-refractivity contribution in [2.45, 2.75) is 86.9 Å². The molecule has 2 saturated carbocycles. The van der Waals surface area contributed by atoms with Crippen LogP contribution in [0.25, 0.3) is 0 Å².